The Hall–Kier alpha value is -1.40. The van der Waals surface area contributed by atoms with Crippen LogP contribution in [0.4, 0.5) is 0 Å². The van der Waals surface area contributed by atoms with Crippen LogP contribution in [0.2, 0.25) is 0 Å². The molecule has 0 unspecified atom stereocenters. The fraction of sp³-hybridized carbons (Fsp3) is 0.733. The van der Waals surface area contributed by atoms with Crippen molar-refractivity contribution in [2.75, 3.05) is 19.8 Å². The van der Waals surface area contributed by atoms with E-state index in [2.05, 4.69) is 11.9 Å². The van der Waals surface area contributed by atoms with Crippen LogP contribution >= 0.6 is 0 Å². The highest BCUT2D eigenvalue weighted by atomic mass is 16.3. The van der Waals surface area contributed by atoms with E-state index in [0.717, 1.165) is 12.8 Å². The van der Waals surface area contributed by atoms with Gasteiger partial charge in [-0.15, -0.1) is 6.58 Å². The zero-order valence-corrected chi connectivity index (χ0v) is 12.6. The summed E-state index contributed by atoms with van der Waals surface area (Å²) in [5.74, 6) is -0.835. The SMILES string of the molecule is C=CC[C@H](CC(=O)N1CCC[C@H]1CO)C(=O)N[C@@H](C)CO. The lowest BCUT2D eigenvalue weighted by molar-refractivity contribution is -0.137. The Morgan fingerprint density at radius 3 is 2.76 bits per heavy atom. The molecule has 1 aliphatic heterocycles. The van der Waals surface area contributed by atoms with Crippen LogP contribution < -0.4 is 5.32 Å². The lowest BCUT2D eigenvalue weighted by atomic mass is 9.99. The summed E-state index contributed by atoms with van der Waals surface area (Å²) in [6.45, 7) is 5.79. The predicted octanol–water partition coefficient (Wildman–Crippen LogP) is 0.0491. The zero-order chi connectivity index (χ0) is 15.8. The molecule has 6 nitrogen and oxygen atoms in total. The number of aliphatic hydroxyl groups is 2. The van der Waals surface area contributed by atoms with E-state index < -0.39 is 5.92 Å². The molecule has 0 aliphatic carbocycles. The molecule has 0 radical (unpaired) electrons. The number of nitrogens with one attached hydrogen (secondary N) is 1. The molecule has 0 aromatic rings. The fourth-order valence-corrected chi connectivity index (χ4v) is 2.57. The molecule has 0 bridgehead atoms. The van der Waals surface area contributed by atoms with Gasteiger partial charge in [-0.25, -0.2) is 0 Å². The van der Waals surface area contributed by atoms with Crippen LogP contribution in [0.5, 0.6) is 0 Å². The number of allylic oxidation sites excluding steroid dienone is 1. The van der Waals surface area contributed by atoms with Crippen LogP contribution in [0.15, 0.2) is 12.7 Å². The number of hydrogen-bond acceptors (Lipinski definition) is 4. The van der Waals surface area contributed by atoms with Crippen LogP contribution in [-0.4, -0.2) is 58.8 Å². The van der Waals surface area contributed by atoms with Crippen LogP contribution in [0.3, 0.4) is 0 Å². The first kappa shape index (κ1) is 17.7. The van der Waals surface area contributed by atoms with Gasteiger partial charge < -0.3 is 20.4 Å². The first-order valence-corrected chi connectivity index (χ1v) is 7.45. The number of hydrogen-bond donors (Lipinski definition) is 3. The molecule has 120 valence electrons. The normalized spacial score (nSPS) is 20.9. The van der Waals surface area contributed by atoms with E-state index in [-0.39, 0.29) is 43.5 Å². The molecule has 3 N–H and O–H groups in total. The summed E-state index contributed by atoms with van der Waals surface area (Å²) in [7, 11) is 0. The average Bonchev–Trinajstić information content (AvgIpc) is 2.94. The molecule has 1 fully saturated rings. The lowest BCUT2D eigenvalue weighted by Crippen LogP contribution is -2.43. The molecular weight excluding hydrogens is 272 g/mol. The minimum absolute atomic E-state index is 0.0361. The summed E-state index contributed by atoms with van der Waals surface area (Å²) in [4.78, 5) is 26.1. The third-order valence-corrected chi connectivity index (χ3v) is 3.81. The highest BCUT2D eigenvalue weighted by Crippen LogP contribution is 2.20. The Kier molecular flexibility index (Phi) is 7.39. The van der Waals surface area contributed by atoms with Gasteiger partial charge in [-0.2, -0.15) is 0 Å². The summed E-state index contributed by atoms with van der Waals surface area (Å²) < 4.78 is 0. The van der Waals surface area contributed by atoms with Crippen molar-refractivity contribution in [2.24, 2.45) is 5.92 Å². The monoisotopic (exact) mass is 298 g/mol. The van der Waals surface area contributed by atoms with Gasteiger partial charge in [0.15, 0.2) is 0 Å². The van der Waals surface area contributed by atoms with Gasteiger partial charge in [0.25, 0.3) is 0 Å². The summed E-state index contributed by atoms with van der Waals surface area (Å²) in [5.41, 5.74) is 0. The number of nitrogens with zero attached hydrogens (tertiary/aromatic N) is 1. The second-order valence-electron chi connectivity index (χ2n) is 5.58. The van der Waals surface area contributed by atoms with Crippen molar-refractivity contribution >= 4 is 11.8 Å². The third kappa shape index (κ3) is 5.13. The quantitative estimate of drug-likeness (QED) is 0.552. The Morgan fingerprint density at radius 1 is 1.48 bits per heavy atom. The van der Waals surface area contributed by atoms with E-state index in [1.165, 1.54) is 0 Å². The van der Waals surface area contributed by atoms with Crippen LogP contribution in [0.25, 0.3) is 0 Å². The molecule has 1 heterocycles. The molecule has 0 spiro atoms. The van der Waals surface area contributed by atoms with Crippen LogP contribution in [-0.2, 0) is 9.59 Å². The van der Waals surface area contributed by atoms with Crippen molar-refractivity contribution in [1.29, 1.82) is 0 Å². The van der Waals surface area contributed by atoms with E-state index in [9.17, 15) is 14.7 Å². The molecular formula is C15H26N2O4. The summed E-state index contributed by atoms with van der Waals surface area (Å²) in [6.07, 6.45) is 3.83. The van der Waals surface area contributed by atoms with Crippen molar-refractivity contribution in [2.45, 2.75) is 44.7 Å². The van der Waals surface area contributed by atoms with E-state index in [1.54, 1.807) is 17.9 Å². The van der Waals surface area contributed by atoms with Crippen molar-refractivity contribution in [3.63, 3.8) is 0 Å². The Bertz CT molecular complexity index is 373. The molecule has 0 saturated carbocycles. The third-order valence-electron chi connectivity index (χ3n) is 3.81. The van der Waals surface area contributed by atoms with Crippen molar-refractivity contribution in [3.8, 4) is 0 Å². The summed E-state index contributed by atoms with van der Waals surface area (Å²) >= 11 is 0. The molecule has 0 aromatic carbocycles. The number of likely N-dealkylation sites (tertiary alicyclic amines) is 1. The Balaban J connectivity index is 2.62. The highest BCUT2D eigenvalue weighted by molar-refractivity contribution is 5.86. The summed E-state index contributed by atoms with van der Waals surface area (Å²) in [6, 6.07) is -0.460. The fourth-order valence-electron chi connectivity index (χ4n) is 2.57. The van der Waals surface area contributed by atoms with Gasteiger partial charge in [0.05, 0.1) is 25.2 Å². The molecule has 3 atom stereocenters. The Labute approximate surface area is 125 Å². The largest absolute Gasteiger partial charge is 0.394 e. The second-order valence-corrected chi connectivity index (χ2v) is 5.58. The van der Waals surface area contributed by atoms with E-state index in [4.69, 9.17) is 5.11 Å². The minimum Gasteiger partial charge on any atom is -0.394 e. The predicted molar refractivity (Wildman–Crippen MR) is 79.4 cm³/mol. The molecule has 21 heavy (non-hydrogen) atoms. The standard InChI is InChI=1S/C15H26N2O4/c1-3-5-12(15(21)16-11(2)9-18)8-14(20)17-7-4-6-13(17)10-19/h3,11-13,18-19H,1,4-10H2,2H3,(H,16,21)/t11-,12+,13-/m0/s1. The summed E-state index contributed by atoms with van der Waals surface area (Å²) in [5, 5.41) is 20.9. The highest BCUT2D eigenvalue weighted by Gasteiger charge is 2.31. The maximum absolute atomic E-state index is 12.3. The Morgan fingerprint density at radius 2 is 2.19 bits per heavy atom. The van der Waals surface area contributed by atoms with Crippen molar-refractivity contribution in [3.05, 3.63) is 12.7 Å². The first-order chi connectivity index (χ1) is 10.0. The van der Waals surface area contributed by atoms with Gasteiger partial charge in [0, 0.05) is 19.0 Å². The second kappa shape index (κ2) is 8.79. The number of carbonyl (C=O) groups is 2. The van der Waals surface area contributed by atoms with Gasteiger partial charge in [-0.1, -0.05) is 6.08 Å². The van der Waals surface area contributed by atoms with Gasteiger partial charge in [-0.05, 0) is 26.2 Å². The number of carbonyl (C=O) groups excluding carboxylic acids is 2. The molecule has 0 aromatic heterocycles. The maximum atomic E-state index is 12.3. The number of aliphatic hydroxyl groups excluding tert-OH is 2. The van der Waals surface area contributed by atoms with E-state index >= 15 is 0 Å². The van der Waals surface area contributed by atoms with E-state index in [1.807, 2.05) is 0 Å². The molecule has 2 amide bonds. The molecule has 1 saturated heterocycles. The minimum atomic E-state index is -0.482. The zero-order valence-electron chi connectivity index (χ0n) is 12.6. The number of rotatable bonds is 8. The van der Waals surface area contributed by atoms with Crippen LogP contribution in [0, 0.1) is 5.92 Å². The smallest absolute Gasteiger partial charge is 0.224 e. The number of amides is 2. The topological polar surface area (TPSA) is 89.9 Å². The molecule has 6 heteroatoms. The van der Waals surface area contributed by atoms with E-state index in [0.29, 0.717) is 13.0 Å². The van der Waals surface area contributed by atoms with Crippen LogP contribution in [0.1, 0.15) is 32.6 Å². The van der Waals surface area contributed by atoms with Crippen molar-refractivity contribution < 1.29 is 19.8 Å². The van der Waals surface area contributed by atoms with Gasteiger partial charge in [0.2, 0.25) is 11.8 Å². The van der Waals surface area contributed by atoms with Gasteiger partial charge in [-0.3, -0.25) is 9.59 Å². The van der Waals surface area contributed by atoms with Gasteiger partial charge >= 0.3 is 0 Å². The molecule has 1 rings (SSSR count). The van der Waals surface area contributed by atoms with Crippen molar-refractivity contribution in [1.82, 2.24) is 10.2 Å². The maximum Gasteiger partial charge on any atom is 0.224 e. The molecule has 1 aliphatic rings. The van der Waals surface area contributed by atoms with Gasteiger partial charge in [0.1, 0.15) is 0 Å². The lowest BCUT2D eigenvalue weighted by Gasteiger charge is -2.25. The average molecular weight is 298 g/mol. The first-order valence-electron chi connectivity index (χ1n) is 7.45.